The average molecular weight is 427 g/mol. The molecule has 0 atom stereocenters. The summed E-state index contributed by atoms with van der Waals surface area (Å²) in [6.07, 6.45) is 1.42. The normalized spacial score (nSPS) is 14.0. The van der Waals surface area contributed by atoms with Crippen molar-refractivity contribution in [2.24, 2.45) is 0 Å². The van der Waals surface area contributed by atoms with Crippen molar-refractivity contribution in [1.29, 1.82) is 0 Å². The number of amides is 1. The van der Waals surface area contributed by atoms with Gasteiger partial charge in [0.05, 0.1) is 5.02 Å². The predicted molar refractivity (Wildman–Crippen MR) is 113 cm³/mol. The maximum Gasteiger partial charge on any atom is 0.253 e. The molecule has 2 aromatic carbocycles. The van der Waals surface area contributed by atoms with E-state index in [0.29, 0.717) is 49.2 Å². The molecule has 1 fully saturated rings. The van der Waals surface area contributed by atoms with Gasteiger partial charge in [-0.3, -0.25) is 4.79 Å². The maximum atomic E-state index is 13.3. The lowest BCUT2D eigenvalue weighted by Crippen LogP contribution is -2.49. The second-order valence-electron chi connectivity index (χ2n) is 7.04. The van der Waals surface area contributed by atoms with Crippen molar-refractivity contribution < 1.29 is 13.9 Å². The van der Waals surface area contributed by atoms with Gasteiger partial charge in [-0.05, 0) is 31.2 Å². The fourth-order valence-corrected chi connectivity index (χ4v) is 3.41. The van der Waals surface area contributed by atoms with Crippen LogP contribution in [0.4, 0.5) is 10.2 Å². The summed E-state index contributed by atoms with van der Waals surface area (Å²) in [5.74, 6) is 0.955. The second-order valence-corrected chi connectivity index (χ2v) is 7.44. The molecule has 1 amide bonds. The molecule has 0 bridgehead atoms. The quantitative estimate of drug-likeness (QED) is 0.621. The zero-order chi connectivity index (χ0) is 21.1. The SMILES string of the molecule is Cc1ccc(C(=O)N2CCN(c3cc(Oc4ccc(F)c(Cl)c4)ncn3)CC2)cc1. The number of aromatic nitrogens is 2. The predicted octanol–water partition coefficient (Wildman–Crippen LogP) is 4.33. The monoisotopic (exact) mass is 426 g/mol. The molecular formula is C22H20ClFN4O2. The van der Waals surface area contributed by atoms with E-state index in [4.69, 9.17) is 16.3 Å². The summed E-state index contributed by atoms with van der Waals surface area (Å²) >= 11 is 5.80. The van der Waals surface area contributed by atoms with Crippen LogP contribution in [0.25, 0.3) is 0 Å². The van der Waals surface area contributed by atoms with E-state index in [1.165, 1.54) is 24.5 Å². The van der Waals surface area contributed by atoms with Gasteiger partial charge in [-0.1, -0.05) is 29.3 Å². The Morgan fingerprint density at radius 1 is 1.03 bits per heavy atom. The van der Waals surface area contributed by atoms with Crippen LogP contribution in [0.3, 0.4) is 0 Å². The van der Waals surface area contributed by atoms with Crippen molar-refractivity contribution in [2.75, 3.05) is 31.1 Å². The first-order chi connectivity index (χ1) is 14.5. The smallest absolute Gasteiger partial charge is 0.253 e. The lowest BCUT2D eigenvalue weighted by atomic mass is 10.1. The molecule has 1 aliphatic heterocycles. The zero-order valence-corrected chi connectivity index (χ0v) is 17.1. The Morgan fingerprint density at radius 2 is 1.77 bits per heavy atom. The first kappa shape index (κ1) is 20.1. The third kappa shape index (κ3) is 4.52. The fraction of sp³-hybridized carbons (Fsp3) is 0.227. The van der Waals surface area contributed by atoms with E-state index in [1.54, 1.807) is 6.07 Å². The lowest BCUT2D eigenvalue weighted by molar-refractivity contribution is 0.0746. The molecule has 4 rings (SSSR count). The molecule has 2 heterocycles. The van der Waals surface area contributed by atoms with Crippen LogP contribution in [-0.4, -0.2) is 47.0 Å². The highest BCUT2D eigenvalue weighted by atomic mass is 35.5. The van der Waals surface area contributed by atoms with E-state index in [-0.39, 0.29) is 10.9 Å². The molecule has 0 aliphatic carbocycles. The van der Waals surface area contributed by atoms with E-state index in [9.17, 15) is 9.18 Å². The zero-order valence-electron chi connectivity index (χ0n) is 16.4. The van der Waals surface area contributed by atoms with Gasteiger partial charge in [-0.25, -0.2) is 14.4 Å². The van der Waals surface area contributed by atoms with Crippen LogP contribution in [-0.2, 0) is 0 Å². The maximum absolute atomic E-state index is 13.3. The van der Waals surface area contributed by atoms with Gasteiger partial charge in [0.2, 0.25) is 5.88 Å². The summed E-state index contributed by atoms with van der Waals surface area (Å²) in [5.41, 5.74) is 1.82. The number of piperazine rings is 1. The van der Waals surface area contributed by atoms with Gasteiger partial charge in [0.1, 0.15) is 23.7 Å². The van der Waals surface area contributed by atoms with Crippen molar-refractivity contribution in [3.8, 4) is 11.6 Å². The first-order valence-electron chi connectivity index (χ1n) is 9.55. The Hall–Kier alpha value is -3.19. The summed E-state index contributed by atoms with van der Waals surface area (Å²) in [7, 11) is 0. The molecule has 0 unspecified atom stereocenters. The summed E-state index contributed by atoms with van der Waals surface area (Å²) in [6, 6.07) is 13.4. The van der Waals surface area contributed by atoms with Crippen molar-refractivity contribution in [2.45, 2.75) is 6.92 Å². The van der Waals surface area contributed by atoms with Crippen LogP contribution in [0.15, 0.2) is 54.9 Å². The van der Waals surface area contributed by atoms with Crippen LogP contribution in [0.2, 0.25) is 5.02 Å². The molecule has 1 aliphatic rings. The number of aryl methyl sites for hydroxylation is 1. The molecule has 6 nitrogen and oxygen atoms in total. The number of carbonyl (C=O) groups excluding carboxylic acids is 1. The topological polar surface area (TPSA) is 58.6 Å². The third-order valence-corrected chi connectivity index (χ3v) is 5.22. The number of halogens is 2. The molecule has 1 aromatic heterocycles. The highest BCUT2D eigenvalue weighted by Gasteiger charge is 2.23. The van der Waals surface area contributed by atoms with Crippen LogP contribution >= 0.6 is 11.6 Å². The molecule has 8 heteroatoms. The van der Waals surface area contributed by atoms with Gasteiger partial charge >= 0.3 is 0 Å². The van der Waals surface area contributed by atoms with Crippen molar-refractivity contribution in [3.63, 3.8) is 0 Å². The number of ether oxygens (including phenoxy) is 1. The van der Waals surface area contributed by atoms with Gasteiger partial charge in [-0.15, -0.1) is 0 Å². The van der Waals surface area contributed by atoms with Crippen LogP contribution < -0.4 is 9.64 Å². The van der Waals surface area contributed by atoms with Crippen LogP contribution in [0, 0.1) is 12.7 Å². The summed E-state index contributed by atoms with van der Waals surface area (Å²) in [6.45, 7) is 4.49. The minimum absolute atomic E-state index is 0.0175. The molecule has 0 spiro atoms. The van der Waals surface area contributed by atoms with E-state index in [1.807, 2.05) is 36.1 Å². The Bertz CT molecular complexity index is 1050. The Labute approximate surface area is 178 Å². The van der Waals surface area contributed by atoms with Crippen LogP contribution in [0.1, 0.15) is 15.9 Å². The summed E-state index contributed by atoms with van der Waals surface area (Å²) < 4.78 is 19.0. The molecule has 0 saturated carbocycles. The Balaban J connectivity index is 1.40. The number of hydrogen-bond acceptors (Lipinski definition) is 5. The van der Waals surface area contributed by atoms with Gasteiger partial charge < -0.3 is 14.5 Å². The standard InChI is InChI=1S/C22H20ClFN4O2/c1-15-2-4-16(5-3-15)22(29)28-10-8-27(9-11-28)20-13-21(26-14-25-20)30-17-6-7-19(24)18(23)12-17/h2-7,12-14H,8-11H2,1H3. The fourth-order valence-electron chi connectivity index (χ4n) is 3.24. The molecule has 30 heavy (non-hydrogen) atoms. The van der Waals surface area contributed by atoms with Crippen molar-refractivity contribution in [1.82, 2.24) is 14.9 Å². The Kier molecular flexibility index (Phi) is 5.81. The van der Waals surface area contributed by atoms with E-state index < -0.39 is 5.82 Å². The third-order valence-electron chi connectivity index (χ3n) is 4.93. The molecule has 0 radical (unpaired) electrons. The minimum Gasteiger partial charge on any atom is -0.439 e. The highest BCUT2D eigenvalue weighted by molar-refractivity contribution is 6.30. The summed E-state index contributed by atoms with van der Waals surface area (Å²) in [4.78, 5) is 25.0. The lowest BCUT2D eigenvalue weighted by Gasteiger charge is -2.35. The average Bonchev–Trinajstić information content (AvgIpc) is 2.77. The Morgan fingerprint density at radius 3 is 2.47 bits per heavy atom. The second kappa shape index (κ2) is 8.67. The summed E-state index contributed by atoms with van der Waals surface area (Å²) in [5, 5.41) is -0.0175. The molecule has 154 valence electrons. The number of nitrogens with zero attached hydrogens (tertiary/aromatic N) is 4. The van der Waals surface area contributed by atoms with E-state index in [0.717, 1.165) is 5.56 Å². The number of anilines is 1. The van der Waals surface area contributed by atoms with Gasteiger partial charge in [0.25, 0.3) is 5.91 Å². The van der Waals surface area contributed by atoms with E-state index in [2.05, 4.69) is 14.9 Å². The number of rotatable bonds is 4. The highest BCUT2D eigenvalue weighted by Crippen LogP contribution is 2.26. The number of carbonyl (C=O) groups is 1. The van der Waals surface area contributed by atoms with Gasteiger partial charge in [0.15, 0.2) is 0 Å². The molecular weight excluding hydrogens is 407 g/mol. The number of benzene rings is 2. The van der Waals surface area contributed by atoms with E-state index >= 15 is 0 Å². The van der Waals surface area contributed by atoms with Gasteiger partial charge in [0, 0.05) is 43.9 Å². The largest absolute Gasteiger partial charge is 0.439 e. The van der Waals surface area contributed by atoms with Gasteiger partial charge in [-0.2, -0.15) is 0 Å². The first-order valence-corrected chi connectivity index (χ1v) is 9.93. The number of hydrogen-bond donors (Lipinski definition) is 0. The molecule has 0 N–H and O–H groups in total. The molecule has 1 saturated heterocycles. The molecule has 3 aromatic rings. The van der Waals surface area contributed by atoms with Crippen molar-refractivity contribution >= 4 is 23.3 Å². The van der Waals surface area contributed by atoms with Crippen LogP contribution in [0.5, 0.6) is 11.6 Å². The minimum atomic E-state index is -0.509. The van der Waals surface area contributed by atoms with Crippen molar-refractivity contribution in [3.05, 3.63) is 76.8 Å².